The number of fused-ring (bicyclic) bond motifs is 3. The van der Waals surface area contributed by atoms with E-state index in [9.17, 15) is 4.79 Å². The Morgan fingerprint density at radius 3 is 2.81 bits per heavy atom. The van der Waals surface area contributed by atoms with Crippen molar-refractivity contribution in [2.45, 2.75) is 31.7 Å². The smallest absolute Gasteiger partial charge is 0.409 e. The average molecular weight is 353 g/mol. The van der Waals surface area contributed by atoms with Gasteiger partial charge in [0.05, 0.1) is 25.9 Å². The lowest BCUT2D eigenvalue weighted by molar-refractivity contribution is -0.0568. The van der Waals surface area contributed by atoms with Crippen molar-refractivity contribution >= 4 is 6.09 Å². The van der Waals surface area contributed by atoms with E-state index in [1.165, 1.54) is 12.7 Å². The molecule has 5 heteroatoms. The second kappa shape index (κ2) is 6.65. The first kappa shape index (κ1) is 16.9. The van der Waals surface area contributed by atoms with Crippen LogP contribution in [0.5, 0.6) is 5.75 Å². The highest BCUT2D eigenvalue weighted by Gasteiger charge is 2.50. The summed E-state index contributed by atoms with van der Waals surface area (Å²) in [5.74, 6) is 0.968. The molecule has 2 aromatic carbocycles. The molecule has 0 radical (unpaired) electrons. The van der Waals surface area contributed by atoms with E-state index in [0.717, 1.165) is 16.9 Å². The first-order valence-electron chi connectivity index (χ1n) is 8.86. The molecule has 2 aromatic rings. The summed E-state index contributed by atoms with van der Waals surface area (Å²) in [5, 5.41) is 0. The zero-order chi connectivity index (χ0) is 18.1. The Bertz CT molecular complexity index is 807. The minimum absolute atomic E-state index is 0.116. The van der Waals surface area contributed by atoms with Crippen LogP contribution in [0.15, 0.2) is 48.5 Å². The van der Waals surface area contributed by atoms with Crippen LogP contribution in [0.25, 0.3) is 0 Å². The lowest BCUT2D eigenvalue weighted by Crippen LogP contribution is -2.40. The van der Waals surface area contributed by atoms with Gasteiger partial charge in [0, 0.05) is 18.0 Å². The molecule has 1 fully saturated rings. The molecule has 2 heterocycles. The van der Waals surface area contributed by atoms with Crippen molar-refractivity contribution in [2.75, 3.05) is 20.2 Å². The minimum atomic E-state index is -0.390. The van der Waals surface area contributed by atoms with Crippen molar-refractivity contribution < 1.29 is 19.0 Å². The van der Waals surface area contributed by atoms with E-state index in [0.29, 0.717) is 26.3 Å². The highest BCUT2D eigenvalue weighted by Crippen LogP contribution is 2.46. The standard InChI is InChI=1S/C21H23NO4/c1-21-14-22(20(23)24-2)11-18(21)16-9-6-10-19(17(16)13-26-21)25-12-15-7-4-3-5-8-15/h3-10,18H,11-14H2,1-2H3. The molecule has 2 atom stereocenters. The number of ether oxygens (including phenoxy) is 3. The van der Waals surface area contributed by atoms with Crippen molar-refractivity contribution in [2.24, 2.45) is 0 Å². The van der Waals surface area contributed by atoms with Crippen LogP contribution >= 0.6 is 0 Å². The molecule has 4 rings (SSSR count). The molecule has 0 N–H and O–H groups in total. The largest absolute Gasteiger partial charge is 0.489 e. The van der Waals surface area contributed by atoms with Gasteiger partial charge in [0.25, 0.3) is 0 Å². The topological polar surface area (TPSA) is 48.0 Å². The van der Waals surface area contributed by atoms with Crippen LogP contribution in [-0.2, 0) is 22.7 Å². The van der Waals surface area contributed by atoms with E-state index in [1.807, 2.05) is 42.5 Å². The number of methoxy groups -OCH3 is 1. The molecule has 1 amide bonds. The molecule has 0 spiro atoms. The number of hydrogen-bond acceptors (Lipinski definition) is 4. The second-order valence-corrected chi connectivity index (χ2v) is 7.10. The summed E-state index contributed by atoms with van der Waals surface area (Å²) in [7, 11) is 1.41. The van der Waals surface area contributed by atoms with Crippen molar-refractivity contribution in [1.29, 1.82) is 0 Å². The van der Waals surface area contributed by atoms with Gasteiger partial charge >= 0.3 is 6.09 Å². The van der Waals surface area contributed by atoms with E-state index in [1.54, 1.807) is 4.90 Å². The molecule has 2 unspecified atom stereocenters. The number of rotatable bonds is 3. The van der Waals surface area contributed by atoms with Crippen molar-refractivity contribution in [1.82, 2.24) is 4.90 Å². The Morgan fingerprint density at radius 2 is 2.04 bits per heavy atom. The van der Waals surface area contributed by atoms with Crippen LogP contribution in [0, 0.1) is 0 Å². The SMILES string of the molecule is COC(=O)N1CC2c3cccc(OCc4ccccc4)c3COC2(C)C1. The van der Waals surface area contributed by atoms with Gasteiger partial charge in [0.15, 0.2) is 0 Å². The van der Waals surface area contributed by atoms with Gasteiger partial charge in [-0.2, -0.15) is 0 Å². The average Bonchev–Trinajstić information content (AvgIpc) is 3.04. The Labute approximate surface area is 153 Å². The Morgan fingerprint density at radius 1 is 1.23 bits per heavy atom. The first-order chi connectivity index (χ1) is 12.6. The number of amides is 1. The molecule has 136 valence electrons. The van der Waals surface area contributed by atoms with E-state index in [2.05, 4.69) is 13.0 Å². The van der Waals surface area contributed by atoms with Gasteiger partial charge in [-0.3, -0.25) is 0 Å². The highest BCUT2D eigenvalue weighted by atomic mass is 16.5. The molecule has 0 aliphatic carbocycles. The molecular weight excluding hydrogens is 330 g/mol. The molecule has 2 aliphatic rings. The Kier molecular flexibility index (Phi) is 4.32. The van der Waals surface area contributed by atoms with Gasteiger partial charge in [0.1, 0.15) is 12.4 Å². The van der Waals surface area contributed by atoms with Crippen LogP contribution in [0.2, 0.25) is 0 Å². The van der Waals surface area contributed by atoms with Gasteiger partial charge < -0.3 is 19.1 Å². The van der Waals surface area contributed by atoms with E-state index in [4.69, 9.17) is 14.2 Å². The monoisotopic (exact) mass is 353 g/mol. The van der Waals surface area contributed by atoms with Gasteiger partial charge in [-0.15, -0.1) is 0 Å². The molecule has 0 aromatic heterocycles. The zero-order valence-electron chi connectivity index (χ0n) is 15.1. The highest BCUT2D eigenvalue weighted by molar-refractivity contribution is 5.68. The van der Waals surface area contributed by atoms with Crippen molar-refractivity contribution in [3.05, 3.63) is 65.2 Å². The summed E-state index contributed by atoms with van der Waals surface area (Å²) in [5.41, 5.74) is 3.02. The summed E-state index contributed by atoms with van der Waals surface area (Å²) in [6.07, 6.45) is -0.303. The summed E-state index contributed by atoms with van der Waals surface area (Å²) in [4.78, 5) is 13.7. The summed E-state index contributed by atoms with van der Waals surface area (Å²) in [6.45, 7) is 4.22. The second-order valence-electron chi connectivity index (χ2n) is 7.10. The maximum absolute atomic E-state index is 12.0. The van der Waals surface area contributed by atoms with Gasteiger partial charge in [0.2, 0.25) is 0 Å². The fraction of sp³-hybridized carbons (Fsp3) is 0.381. The number of nitrogens with zero attached hydrogens (tertiary/aromatic N) is 1. The zero-order valence-corrected chi connectivity index (χ0v) is 15.1. The van der Waals surface area contributed by atoms with E-state index in [-0.39, 0.29) is 17.6 Å². The van der Waals surface area contributed by atoms with Crippen molar-refractivity contribution in [3.8, 4) is 5.75 Å². The van der Waals surface area contributed by atoms with Crippen LogP contribution in [0.4, 0.5) is 4.79 Å². The lowest BCUT2D eigenvalue weighted by atomic mass is 9.81. The first-order valence-corrected chi connectivity index (χ1v) is 8.86. The van der Waals surface area contributed by atoms with Gasteiger partial charge in [-0.25, -0.2) is 4.79 Å². The fourth-order valence-corrected chi connectivity index (χ4v) is 3.98. The summed E-state index contributed by atoms with van der Waals surface area (Å²) >= 11 is 0. The minimum Gasteiger partial charge on any atom is -0.489 e. The normalized spacial score (nSPS) is 23.9. The lowest BCUT2D eigenvalue weighted by Gasteiger charge is -2.37. The van der Waals surface area contributed by atoms with Crippen LogP contribution in [0.3, 0.4) is 0 Å². The number of carbonyl (C=O) groups is 1. The molecule has 26 heavy (non-hydrogen) atoms. The maximum Gasteiger partial charge on any atom is 0.409 e. The van der Waals surface area contributed by atoms with E-state index < -0.39 is 0 Å². The van der Waals surface area contributed by atoms with E-state index >= 15 is 0 Å². The Hall–Kier alpha value is -2.53. The van der Waals surface area contributed by atoms with Crippen molar-refractivity contribution in [3.63, 3.8) is 0 Å². The molecule has 2 aliphatic heterocycles. The third-order valence-corrected chi connectivity index (χ3v) is 5.41. The maximum atomic E-state index is 12.0. The third-order valence-electron chi connectivity index (χ3n) is 5.41. The van der Waals surface area contributed by atoms with Crippen LogP contribution < -0.4 is 4.74 Å². The fourth-order valence-electron chi connectivity index (χ4n) is 3.98. The third kappa shape index (κ3) is 2.92. The summed E-state index contributed by atoms with van der Waals surface area (Å²) < 4.78 is 17.2. The molecular formula is C21H23NO4. The number of likely N-dealkylation sites (tertiary alicyclic amines) is 1. The summed E-state index contributed by atoms with van der Waals surface area (Å²) in [6, 6.07) is 16.2. The predicted octanol–water partition coefficient (Wildman–Crippen LogP) is 3.72. The number of carbonyl (C=O) groups excluding carboxylic acids is 1. The van der Waals surface area contributed by atoms with Gasteiger partial charge in [-0.05, 0) is 24.1 Å². The molecule has 0 bridgehead atoms. The Balaban J connectivity index is 1.58. The predicted molar refractivity (Wildman–Crippen MR) is 97.1 cm³/mol. The molecule has 1 saturated heterocycles. The van der Waals surface area contributed by atoms with Gasteiger partial charge in [-0.1, -0.05) is 42.5 Å². The quantitative estimate of drug-likeness (QED) is 0.844. The number of hydrogen-bond donors (Lipinski definition) is 0. The molecule has 5 nitrogen and oxygen atoms in total. The molecule has 0 saturated carbocycles. The number of benzene rings is 2. The van der Waals surface area contributed by atoms with Crippen LogP contribution in [0.1, 0.15) is 29.5 Å². The van der Waals surface area contributed by atoms with Crippen LogP contribution in [-0.4, -0.2) is 36.8 Å².